The number of carbonyl (C=O) groups is 2. The third kappa shape index (κ3) is 7.13. The molecule has 202 valence electrons. The Morgan fingerprint density at radius 1 is 0.895 bits per heavy atom. The lowest BCUT2D eigenvalue weighted by atomic mass is 10.1. The van der Waals surface area contributed by atoms with E-state index < -0.39 is 28.5 Å². The predicted octanol–water partition coefficient (Wildman–Crippen LogP) is 4.14. The van der Waals surface area contributed by atoms with Gasteiger partial charge in [0.25, 0.3) is 10.0 Å². The molecule has 0 aliphatic rings. The van der Waals surface area contributed by atoms with Gasteiger partial charge in [0, 0.05) is 12.6 Å². The second kappa shape index (κ2) is 12.6. The summed E-state index contributed by atoms with van der Waals surface area (Å²) in [5, 5.41) is 2.84. The van der Waals surface area contributed by atoms with Gasteiger partial charge in [-0.1, -0.05) is 48.0 Å². The number of aryl methyl sites for hydroxylation is 1. The third-order valence-corrected chi connectivity index (χ3v) is 7.83. The van der Waals surface area contributed by atoms with Crippen molar-refractivity contribution < 1.29 is 22.7 Å². The molecule has 0 heterocycles. The van der Waals surface area contributed by atoms with Crippen LogP contribution in [0.25, 0.3) is 0 Å². The van der Waals surface area contributed by atoms with E-state index in [2.05, 4.69) is 5.32 Å². The van der Waals surface area contributed by atoms with Gasteiger partial charge in [-0.3, -0.25) is 13.9 Å². The average Bonchev–Trinajstić information content (AvgIpc) is 2.90. The summed E-state index contributed by atoms with van der Waals surface area (Å²) in [4.78, 5) is 28.2. The summed E-state index contributed by atoms with van der Waals surface area (Å²) < 4.78 is 33.9. The first-order valence-electron chi connectivity index (χ1n) is 12.4. The molecule has 1 atom stereocenters. The maximum absolute atomic E-state index is 13.8. The number of sulfonamides is 1. The Morgan fingerprint density at radius 2 is 1.50 bits per heavy atom. The molecule has 0 unspecified atom stereocenters. The normalized spacial score (nSPS) is 12.1. The molecule has 0 saturated heterocycles. The van der Waals surface area contributed by atoms with E-state index in [-0.39, 0.29) is 23.4 Å². The molecule has 0 fully saturated rings. The van der Waals surface area contributed by atoms with Crippen LogP contribution in [0.5, 0.6) is 5.75 Å². The standard InChI is InChI=1S/C29H35N3O5S/c1-21(2)30-29(34)23(4)31(19-24-9-7-6-8-10-24)28(33)20-32(25-13-15-26(37-5)16-14-25)38(35,36)27-17-11-22(3)12-18-27/h6-18,21,23H,19-20H2,1-5H3,(H,30,34)/t23-/m0/s1. The Bertz CT molecular complexity index is 1320. The molecule has 0 aliphatic carbocycles. The molecule has 38 heavy (non-hydrogen) atoms. The first-order valence-corrected chi connectivity index (χ1v) is 13.8. The number of benzene rings is 3. The number of nitrogens with one attached hydrogen (secondary N) is 1. The summed E-state index contributed by atoms with van der Waals surface area (Å²) in [5.41, 5.74) is 2.04. The molecule has 0 bridgehead atoms. The zero-order valence-corrected chi connectivity index (χ0v) is 23.2. The molecule has 1 N–H and O–H groups in total. The summed E-state index contributed by atoms with van der Waals surface area (Å²) in [6.45, 7) is 6.85. The maximum atomic E-state index is 13.8. The summed E-state index contributed by atoms with van der Waals surface area (Å²) in [6.07, 6.45) is 0. The molecule has 3 rings (SSSR count). The second-order valence-corrected chi connectivity index (χ2v) is 11.2. The van der Waals surface area contributed by atoms with Gasteiger partial charge in [-0.15, -0.1) is 0 Å². The Kier molecular flexibility index (Phi) is 9.52. The van der Waals surface area contributed by atoms with Crippen LogP contribution in [0.15, 0.2) is 83.8 Å². The van der Waals surface area contributed by atoms with E-state index in [0.29, 0.717) is 11.4 Å². The third-order valence-electron chi connectivity index (χ3n) is 6.04. The first kappa shape index (κ1) is 28.7. The second-order valence-electron chi connectivity index (χ2n) is 9.37. The van der Waals surface area contributed by atoms with Gasteiger partial charge in [0.1, 0.15) is 18.3 Å². The van der Waals surface area contributed by atoms with Gasteiger partial charge < -0.3 is 15.0 Å². The van der Waals surface area contributed by atoms with Crippen LogP contribution in [0.4, 0.5) is 5.69 Å². The summed E-state index contributed by atoms with van der Waals surface area (Å²) in [6, 6.07) is 21.3. The van der Waals surface area contributed by atoms with Gasteiger partial charge in [0.2, 0.25) is 11.8 Å². The lowest BCUT2D eigenvalue weighted by Crippen LogP contribution is -2.52. The van der Waals surface area contributed by atoms with E-state index in [1.54, 1.807) is 43.3 Å². The van der Waals surface area contributed by atoms with Crippen LogP contribution in [-0.2, 0) is 26.2 Å². The lowest BCUT2D eigenvalue weighted by molar-refractivity contribution is -0.139. The van der Waals surface area contributed by atoms with Crippen molar-refractivity contribution in [1.29, 1.82) is 0 Å². The highest BCUT2D eigenvalue weighted by Crippen LogP contribution is 2.26. The number of hydrogen-bond donors (Lipinski definition) is 1. The fourth-order valence-corrected chi connectivity index (χ4v) is 5.30. The molecule has 2 amide bonds. The highest BCUT2D eigenvalue weighted by Gasteiger charge is 2.32. The first-order chi connectivity index (χ1) is 18.0. The number of nitrogens with zero attached hydrogens (tertiary/aromatic N) is 2. The molecule has 0 aliphatic heterocycles. The summed E-state index contributed by atoms with van der Waals surface area (Å²) >= 11 is 0. The van der Waals surface area contributed by atoms with E-state index in [9.17, 15) is 18.0 Å². The van der Waals surface area contributed by atoms with Gasteiger partial charge >= 0.3 is 0 Å². The van der Waals surface area contributed by atoms with Crippen molar-refractivity contribution in [2.45, 2.75) is 51.2 Å². The maximum Gasteiger partial charge on any atom is 0.264 e. The van der Waals surface area contributed by atoms with Gasteiger partial charge in [-0.25, -0.2) is 8.42 Å². The van der Waals surface area contributed by atoms with Crippen molar-refractivity contribution in [2.75, 3.05) is 18.0 Å². The van der Waals surface area contributed by atoms with Crippen molar-refractivity contribution in [2.24, 2.45) is 0 Å². The molecule has 3 aromatic rings. The fraction of sp³-hybridized carbons (Fsp3) is 0.310. The van der Waals surface area contributed by atoms with E-state index in [1.807, 2.05) is 51.1 Å². The number of anilines is 1. The number of rotatable bonds is 11. The molecule has 0 saturated carbocycles. The molecule has 9 heteroatoms. The van der Waals surface area contributed by atoms with Gasteiger partial charge in [0.15, 0.2) is 0 Å². The minimum atomic E-state index is -4.11. The Balaban J connectivity index is 2.02. The number of carbonyl (C=O) groups excluding carboxylic acids is 2. The largest absolute Gasteiger partial charge is 0.497 e. The Morgan fingerprint density at radius 3 is 2.05 bits per heavy atom. The highest BCUT2D eigenvalue weighted by molar-refractivity contribution is 7.92. The SMILES string of the molecule is COc1ccc(N(CC(=O)N(Cc2ccccc2)[C@@H](C)C(=O)NC(C)C)S(=O)(=O)c2ccc(C)cc2)cc1. The van der Waals surface area contributed by atoms with Crippen LogP contribution in [0.3, 0.4) is 0 Å². The Hall–Kier alpha value is -3.85. The summed E-state index contributed by atoms with van der Waals surface area (Å²) in [7, 11) is -2.59. The van der Waals surface area contributed by atoms with E-state index in [1.165, 1.54) is 24.1 Å². The predicted molar refractivity (Wildman–Crippen MR) is 148 cm³/mol. The summed E-state index contributed by atoms with van der Waals surface area (Å²) in [5.74, 6) is -0.272. The molecular formula is C29H35N3O5S. The molecular weight excluding hydrogens is 502 g/mol. The topological polar surface area (TPSA) is 96.0 Å². The molecule has 0 spiro atoms. The van der Waals surface area contributed by atoms with E-state index in [4.69, 9.17) is 4.74 Å². The highest BCUT2D eigenvalue weighted by atomic mass is 32.2. The van der Waals surface area contributed by atoms with Crippen molar-refractivity contribution in [3.05, 3.63) is 90.0 Å². The number of hydrogen-bond acceptors (Lipinski definition) is 5. The lowest BCUT2D eigenvalue weighted by Gasteiger charge is -2.32. The van der Waals surface area contributed by atoms with E-state index in [0.717, 1.165) is 15.4 Å². The van der Waals surface area contributed by atoms with Crippen LogP contribution in [-0.4, -0.2) is 50.9 Å². The zero-order chi connectivity index (χ0) is 27.9. The van der Waals surface area contributed by atoms with Crippen molar-refractivity contribution in [3.8, 4) is 5.75 Å². The fourth-order valence-electron chi connectivity index (χ4n) is 3.88. The van der Waals surface area contributed by atoms with Gasteiger partial charge in [-0.2, -0.15) is 0 Å². The van der Waals surface area contributed by atoms with Crippen molar-refractivity contribution in [3.63, 3.8) is 0 Å². The number of ether oxygens (including phenoxy) is 1. The van der Waals surface area contributed by atoms with Crippen LogP contribution in [0, 0.1) is 6.92 Å². The average molecular weight is 538 g/mol. The zero-order valence-electron chi connectivity index (χ0n) is 22.4. The van der Waals surface area contributed by atoms with Crippen LogP contribution in [0.2, 0.25) is 0 Å². The van der Waals surface area contributed by atoms with Gasteiger partial charge in [0.05, 0.1) is 17.7 Å². The number of methoxy groups -OCH3 is 1. The van der Waals surface area contributed by atoms with Crippen LogP contribution in [0.1, 0.15) is 31.9 Å². The smallest absolute Gasteiger partial charge is 0.264 e. The minimum Gasteiger partial charge on any atom is -0.497 e. The Labute approximate surface area is 225 Å². The number of amides is 2. The van der Waals surface area contributed by atoms with Gasteiger partial charge in [-0.05, 0) is 69.7 Å². The van der Waals surface area contributed by atoms with Crippen LogP contribution >= 0.6 is 0 Å². The minimum absolute atomic E-state index is 0.0620. The van der Waals surface area contributed by atoms with Crippen molar-refractivity contribution >= 4 is 27.5 Å². The molecule has 8 nitrogen and oxygen atoms in total. The van der Waals surface area contributed by atoms with Crippen LogP contribution < -0.4 is 14.4 Å². The molecule has 3 aromatic carbocycles. The quantitative estimate of drug-likeness (QED) is 0.397. The van der Waals surface area contributed by atoms with E-state index >= 15 is 0 Å². The monoisotopic (exact) mass is 537 g/mol. The molecule has 0 radical (unpaired) electrons. The van der Waals surface area contributed by atoms with Crippen molar-refractivity contribution in [1.82, 2.24) is 10.2 Å². The molecule has 0 aromatic heterocycles.